The van der Waals surface area contributed by atoms with Gasteiger partial charge in [0.15, 0.2) is 11.0 Å². The highest BCUT2D eigenvalue weighted by atomic mass is 32.2. The first-order valence-corrected chi connectivity index (χ1v) is 12.9. The number of aromatic nitrogens is 5. The highest BCUT2D eigenvalue weighted by Gasteiger charge is 2.24. The van der Waals surface area contributed by atoms with Crippen molar-refractivity contribution in [1.29, 1.82) is 0 Å². The highest BCUT2D eigenvalue weighted by Crippen LogP contribution is 2.39. The van der Waals surface area contributed by atoms with Crippen molar-refractivity contribution >= 4 is 28.8 Å². The lowest BCUT2D eigenvalue weighted by Gasteiger charge is -2.19. The van der Waals surface area contributed by atoms with Gasteiger partial charge in [0.1, 0.15) is 0 Å². The first-order valence-electron chi connectivity index (χ1n) is 11.2. The van der Waals surface area contributed by atoms with E-state index < -0.39 is 4.92 Å². The van der Waals surface area contributed by atoms with Crippen molar-refractivity contribution in [2.24, 2.45) is 13.0 Å². The van der Waals surface area contributed by atoms with Gasteiger partial charge in [-0.1, -0.05) is 25.1 Å². The van der Waals surface area contributed by atoms with Gasteiger partial charge in [-0.15, -0.1) is 31.7 Å². The lowest BCUT2D eigenvalue weighted by atomic mass is 9.87. The standard InChI is InChI=1S/C23H24N6O3S2/c1-4-14-5-10-18-16(11-14)12-19(34-18)20-24-27-23(28(20)3)33-13(2)21-25-26-22(32-21)15-6-8-17(9-7-15)29(30)31/h6-9,12-14H,4-5,10-11H2,1-3H3. The van der Waals surface area contributed by atoms with E-state index in [-0.39, 0.29) is 10.9 Å². The molecule has 0 saturated heterocycles. The van der Waals surface area contributed by atoms with Crippen LogP contribution in [0.5, 0.6) is 0 Å². The molecule has 3 heterocycles. The molecule has 0 amide bonds. The fraction of sp³-hybridized carbons (Fsp3) is 0.391. The van der Waals surface area contributed by atoms with Crippen LogP contribution in [0.3, 0.4) is 0 Å². The molecule has 1 aliphatic rings. The number of fused-ring (bicyclic) bond motifs is 1. The lowest BCUT2D eigenvalue weighted by Crippen LogP contribution is -2.10. The Labute approximate surface area is 204 Å². The summed E-state index contributed by atoms with van der Waals surface area (Å²) in [5.41, 5.74) is 2.12. The summed E-state index contributed by atoms with van der Waals surface area (Å²) in [6.45, 7) is 4.25. The van der Waals surface area contributed by atoms with E-state index in [2.05, 4.69) is 33.4 Å². The molecule has 2 atom stereocenters. The molecule has 3 aromatic heterocycles. The number of nitro groups is 1. The zero-order valence-electron chi connectivity index (χ0n) is 19.1. The van der Waals surface area contributed by atoms with E-state index >= 15 is 0 Å². The highest BCUT2D eigenvalue weighted by molar-refractivity contribution is 7.99. The zero-order chi connectivity index (χ0) is 23.8. The van der Waals surface area contributed by atoms with Crippen LogP contribution in [0.4, 0.5) is 5.69 Å². The molecule has 2 unspecified atom stereocenters. The van der Waals surface area contributed by atoms with Crippen molar-refractivity contribution in [2.75, 3.05) is 0 Å². The van der Waals surface area contributed by atoms with Gasteiger partial charge in [0.2, 0.25) is 11.8 Å². The Bertz CT molecular complexity index is 1330. The van der Waals surface area contributed by atoms with Gasteiger partial charge < -0.3 is 8.98 Å². The Balaban J connectivity index is 1.31. The third-order valence-electron chi connectivity index (χ3n) is 6.21. The van der Waals surface area contributed by atoms with Gasteiger partial charge in [0.25, 0.3) is 5.69 Å². The molecule has 1 aliphatic carbocycles. The van der Waals surface area contributed by atoms with Crippen LogP contribution in [0.15, 0.2) is 39.9 Å². The fourth-order valence-corrected chi connectivity index (χ4v) is 6.21. The Hall–Kier alpha value is -3.05. The fourth-order valence-electron chi connectivity index (χ4n) is 4.14. The second-order valence-electron chi connectivity index (χ2n) is 8.45. The van der Waals surface area contributed by atoms with Crippen LogP contribution >= 0.6 is 23.1 Å². The van der Waals surface area contributed by atoms with E-state index in [1.165, 1.54) is 47.2 Å². The summed E-state index contributed by atoms with van der Waals surface area (Å²) in [4.78, 5) is 13.1. The van der Waals surface area contributed by atoms with E-state index in [1.54, 1.807) is 12.1 Å². The number of non-ortho nitro benzene ring substituents is 1. The monoisotopic (exact) mass is 496 g/mol. The molecule has 1 aromatic carbocycles. The number of aryl methyl sites for hydroxylation is 1. The van der Waals surface area contributed by atoms with Gasteiger partial charge in [-0.3, -0.25) is 10.1 Å². The molecule has 4 aromatic rings. The number of hydrogen-bond acceptors (Lipinski definition) is 9. The summed E-state index contributed by atoms with van der Waals surface area (Å²) in [6.07, 6.45) is 4.82. The minimum absolute atomic E-state index is 0.0160. The maximum atomic E-state index is 10.9. The van der Waals surface area contributed by atoms with Crippen LogP contribution in [0, 0.1) is 16.0 Å². The predicted molar refractivity (Wildman–Crippen MR) is 131 cm³/mol. The zero-order valence-corrected chi connectivity index (χ0v) is 20.7. The lowest BCUT2D eigenvalue weighted by molar-refractivity contribution is -0.384. The SMILES string of the molecule is CCC1CCc2sc(-c3nnc(SC(C)c4nnc(-c5ccc([N+](=O)[O-])cc5)o4)n3C)cc2C1. The molecule has 11 heteroatoms. The number of nitrogens with zero attached hydrogens (tertiary/aromatic N) is 6. The number of rotatable bonds is 7. The summed E-state index contributed by atoms with van der Waals surface area (Å²) >= 11 is 3.33. The summed E-state index contributed by atoms with van der Waals surface area (Å²) in [5, 5.41) is 28.7. The number of nitro benzene ring substituents is 1. The average molecular weight is 497 g/mol. The van der Waals surface area contributed by atoms with Crippen molar-refractivity contribution in [2.45, 2.75) is 49.9 Å². The molecular formula is C23H24N6O3S2. The van der Waals surface area contributed by atoms with Crippen molar-refractivity contribution < 1.29 is 9.34 Å². The topological polar surface area (TPSA) is 113 Å². The van der Waals surface area contributed by atoms with Crippen LogP contribution in [-0.4, -0.2) is 29.9 Å². The number of hydrogen-bond donors (Lipinski definition) is 0. The summed E-state index contributed by atoms with van der Waals surface area (Å²) in [5.74, 6) is 2.44. The molecule has 0 bridgehead atoms. The third-order valence-corrected chi connectivity index (χ3v) is 8.57. The predicted octanol–water partition coefficient (Wildman–Crippen LogP) is 5.87. The second kappa shape index (κ2) is 9.30. The van der Waals surface area contributed by atoms with Crippen LogP contribution in [0.2, 0.25) is 0 Å². The maximum Gasteiger partial charge on any atom is 0.269 e. The van der Waals surface area contributed by atoms with Crippen molar-refractivity contribution in [3.05, 3.63) is 56.8 Å². The van der Waals surface area contributed by atoms with Gasteiger partial charge in [-0.2, -0.15) is 0 Å². The van der Waals surface area contributed by atoms with E-state index in [9.17, 15) is 10.1 Å². The summed E-state index contributed by atoms with van der Waals surface area (Å²) in [6, 6.07) is 8.34. The molecule has 0 fully saturated rings. The molecule has 0 radical (unpaired) electrons. The molecule has 0 N–H and O–H groups in total. The van der Waals surface area contributed by atoms with Crippen molar-refractivity contribution in [1.82, 2.24) is 25.0 Å². The van der Waals surface area contributed by atoms with Crippen LogP contribution in [0.1, 0.15) is 48.3 Å². The van der Waals surface area contributed by atoms with E-state index in [0.717, 1.165) is 34.6 Å². The van der Waals surface area contributed by atoms with Crippen LogP contribution < -0.4 is 0 Å². The van der Waals surface area contributed by atoms with Gasteiger partial charge in [-0.05, 0) is 55.9 Å². The van der Waals surface area contributed by atoms with Gasteiger partial charge in [-0.25, -0.2) is 0 Å². The van der Waals surface area contributed by atoms with Gasteiger partial charge >= 0.3 is 0 Å². The van der Waals surface area contributed by atoms with Gasteiger partial charge in [0.05, 0.1) is 15.1 Å². The minimum atomic E-state index is -0.440. The van der Waals surface area contributed by atoms with E-state index in [1.807, 2.05) is 29.9 Å². The molecule has 0 saturated carbocycles. The molecule has 34 heavy (non-hydrogen) atoms. The smallest absolute Gasteiger partial charge is 0.269 e. The maximum absolute atomic E-state index is 10.9. The Morgan fingerprint density at radius 1 is 1.26 bits per heavy atom. The average Bonchev–Trinajstić information content (AvgIpc) is 3.57. The molecule has 9 nitrogen and oxygen atoms in total. The molecule has 176 valence electrons. The van der Waals surface area contributed by atoms with Crippen LogP contribution in [0.25, 0.3) is 22.2 Å². The summed E-state index contributed by atoms with van der Waals surface area (Å²) in [7, 11) is 1.98. The quantitative estimate of drug-likeness (QED) is 0.177. The number of benzene rings is 1. The molecular weight excluding hydrogens is 472 g/mol. The van der Waals surface area contributed by atoms with Gasteiger partial charge in [0, 0.05) is 29.6 Å². The Kier molecular flexibility index (Phi) is 6.22. The number of thiophene rings is 1. The first kappa shape index (κ1) is 22.7. The van der Waals surface area contributed by atoms with Crippen molar-refractivity contribution in [3.8, 4) is 22.2 Å². The molecule has 0 aliphatic heterocycles. The van der Waals surface area contributed by atoms with E-state index in [0.29, 0.717) is 17.3 Å². The third kappa shape index (κ3) is 4.37. The normalized spacial score (nSPS) is 16.4. The Morgan fingerprint density at radius 3 is 2.79 bits per heavy atom. The largest absolute Gasteiger partial charge is 0.419 e. The van der Waals surface area contributed by atoms with E-state index in [4.69, 9.17) is 4.42 Å². The summed E-state index contributed by atoms with van der Waals surface area (Å²) < 4.78 is 7.86. The second-order valence-corrected chi connectivity index (χ2v) is 10.9. The number of thioether (sulfide) groups is 1. The minimum Gasteiger partial charge on any atom is -0.419 e. The molecule has 0 spiro atoms. The van der Waals surface area contributed by atoms with Crippen LogP contribution in [-0.2, 0) is 19.9 Å². The first-order chi connectivity index (χ1) is 16.4. The Morgan fingerprint density at radius 2 is 2.06 bits per heavy atom. The van der Waals surface area contributed by atoms with Crippen molar-refractivity contribution in [3.63, 3.8) is 0 Å². The molecule has 5 rings (SSSR count).